The molecule has 0 heterocycles. The average molecular weight is 373 g/mol. The Morgan fingerprint density at radius 1 is 1.26 bits per heavy atom. The van der Waals surface area contributed by atoms with Gasteiger partial charge in [-0.1, -0.05) is 20.3 Å². The van der Waals surface area contributed by atoms with Crippen molar-refractivity contribution in [3.63, 3.8) is 0 Å². The van der Waals surface area contributed by atoms with E-state index in [1.165, 1.54) is 0 Å². The van der Waals surface area contributed by atoms with Crippen molar-refractivity contribution in [2.45, 2.75) is 83.7 Å². The van der Waals surface area contributed by atoms with Crippen molar-refractivity contribution in [1.82, 2.24) is 0 Å². The van der Waals surface area contributed by atoms with Crippen LogP contribution < -0.4 is 4.74 Å². The van der Waals surface area contributed by atoms with Gasteiger partial charge in [0.1, 0.15) is 11.5 Å². The zero-order valence-corrected chi connectivity index (χ0v) is 16.5. The minimum absolute atomic E-state index is 0.0353. The van der Waals surface area contributed by atoms with Gasteiger partial charge in [-0.15, -0.1) is 0 Å². The van der Waals surface area contributed by atoms with Crippen molar-refractivity contribution < 1.29 is 19.7 Å². The number of aliphatic hydroxyl groups excluding tert-OH is 1. The summed E-state index contributed by atoms with van der Waals surface area (Å²) < 4.78 is 5.75. The zero-order chi connectivity index (χ0) is 19.2. The van der Waals surface area contributed by atoms with Gasteiger partial charge in [0.05, 0.1) is 6.10 Å². The first-order valence-corrected chi connectivity index (χ1v) is 10.7. The lowest BCUT2D eigenvalue weighted by Crippen LogP contribution is -2.44. The van der Waals surface area contributed by atoms with E-state index in [1.807, 2.05) is 6.07 Å². The first-order valence-electron chi connectivity index (χ1n) is 10.7. The van der Waals surface area contributed by atoms with Crippen molar-refractivity contribution in [2.24, 2.45) is 17.3 Å². The zero-order valence-electron chi connectivity index (χ0n) is 16.5. The molecule has 2 saturated carbocycles. The summed E-state index contributed by atoms with van der Waals surface area (Å²) in [5, 5.41) is 20.7. The molecular weight excluding hydrogens is 340 g/mol. The number of aliphatic hydroxyl groups is 1. The molecule has 1 aromatic rings. The number of aryl methyl sites for hydroxylation is 1. The standard InChI is InChI=1S/C23H32O4/c1-3-4-5-21(26)27-19-13-15(24)12-14-6-7-16-17(22(14)19)10-11-23(2)18(16)8-9-20(23)25/h12-13,16-18,20,24-25H,3-11H2,1-2H3/t16-,17+,18+,20+,23+/m1/s1. The summed E-state index contributed by atoms with van der Waals surface area (Å²) in [6.45, 7) is 4.33. The number of rotatable bonds is 4. The van der Waals surface area contributed by atoms with Crippen molar-refractivity contribution in [3.8, 4) is 11.5 Å². The van der Waals surface area contributed by atoms with E-state index in [2.05, 4.69) is 13.8 Å². The first kappa shape index (κ1) is 18.8. The fourth-order valence-electron chi connectivity index (χ4n) is 6.22. The van der Waals surface area contributed by atoms with Crippen molar-refractivity contribution >= 4 is 5.97 Å². The SMILES string of the molecule is CCCCC(=O)Oc1cc(O)cc2c1[C@H]1CC[C@]3(C)[C@@H](O)CC[C@H]3[C@@H]1CC2. The lowest BCUT2D eigenvalue weighted by molar-refractivity contribution is -0.134. The number of carbonyl (C=O) groups is 1. The number of fused-ring (bicyclic) bond motifs is 5. The molecule has 0 aliphatic heterocycles. The van der Waals surface area contributed by atoms with E-state index in [4.69, 9.17) is 4.74 Å². The molecule has 148 valence electrons. The van der Waals surface area contributed by atoms with Crippen molar-refractivity contribution in [1.29, 1.82) is 0 Å². The highest BCUT2D eigenvalue weighted by molar-refractivity contribution is 5.73. The van der Waals surface area contributed by atoms with E-state index >= 15 is 0 Å². The van der Waals surface area contributed by atoms with Crippen LogP contribution >= 0.6 is 0 Å². The maximum atomic E-state index is 12.3. The minimum atomic E-state index is -0.205. The summed E-state index contributed by atoms with van der Waals surface area (Å²) in [7, 11) is 0. The second kappa shape index (κ2) is 7.12. The van der Waals surface area contributed by atoms with Gasteiger partial charge in [0.15, 0.2) is 0 Å². The fourth-order valence-corrected chi connectivity index (χ4v) is 6.22. The van der Waals surface area contributed by atoms with Gasteiger partial charge in [-0.2, -0.15) is 0 Å². The van der Waals surface area contributed by atoms with E-state index < -0.39 is 0 Å². The van der Waals surface area contributed by atoms with Gasteiger partial charge in [0.25, 0.3) is 0 Å². The topological polar surface area (TPSA) is 66.8 Å². The number of aromatic hydroxyl groups is 1. The Morgan fingerprint density at radius 2 is 2.07 bits per heavy atom. The molecule has 0 spiro atoms. The van der Waals surface area contributed by atoms with Crippen LogP contribution in [-0.4, -0.2) is 22.3 Å². The molecule has 5 atom stereocenters. The molecular formula is C23H32O4. The summed E-state index contributed by atoms with van der Waals surface area (Å²) in [5.74, 6) is 1.99. The number of carbonyl (C=O) groups excluding carboxylic acids is 1. The summed E-state index contributed by atoms with van der Waals surface area (Å²) in [6.07, 6.45) is 8.06. The Labute approximate surface area is 161 Å². The van der Waals surface area contributed by atoms with Crippen LogP contribution in [0.1, 0.15) is 82.3 Å². The molecule has 4 rings (SSSR count). The molecule has 27 heavy (non-hydrogen) atoms. The molecule has 2 fully saturated rings. The van der Waals surface area contributed by atoms with Crippen LogP contribution in [0.3, 0.4) is 0 Å². The number of esters is 1. The van der Waals surface area contributed by atoms with Crippen LogP contribution in [0.25, 0.3) is 0 Å². The van der Waals surface area contributed by atoms with Gasteiger partial charge in [0, 0.05) is 18.1 Å². The van der Waals surface area contributed by atoms with E-state index in [9.17, 15) is 15.0 Å². The summed E-state index contributed by atoms with van der Waals surface area (Å²) in [4.78, 5) is 12.3. The van der Waals surface area contributed by atoms with Gasteiger partial charge in [-0.25, -0.2) is 0 Å². The van der Waals surface area contributed by atoms with Crippen LogP contribution in [0.5, 0.6) is 11.5 Å². The van der Waals surface area contributed by atoms with Crippen molar-refractivity contribution in [2.75, 3.05) is 0 Å². The molecule has 0 amide bonds. The molecule has 3 aliphatic rings. The Bertz CT molecular complexity index is 727. The van der Waals surface area contributed by atoms with Crippen LogP contribution in [0, 0.1) is 17.3 Å². The molecule has 0 aromatic heterocycles. The van der Waals surface area contributed by atoms with Crippen molar-refractivity contribution in [3.05, 3.63) is 23.3 Å². The van der Waals surface area contributed by atoms with Gasteiger partial charge in [-0.05, 0) is 79.7 Å². The first-order chi connectivity index (χ1) is 12.9. The van der Waals surface area contributed by atoms with Crippen LogP contribution in [0.4, 0.5) is 0 Å². The highest BCUT2D eigenvalue weighted by Crippen LogP contribution is 2.62. The Balaban J connectivity index is 1.66. The molecule has 2 N–H and O–H groups in total. The molecule has 0 unspecified atom stereocenters. The van der Waals surface area contributed by atoms with Gasteiger partial charge >= 0.3 is 5.97 Å². The molecule has 1 aromatic carbocycles. The lowest BCUT2D eigenvalue weighted by Gasteiger charge is -2.50. The number of phenolic OH excluding ortho intramolecular Hbond substituents is 1. The summed E-state index contributed by atoms with van der Waals surface area (Å²) >= 11 is 0. The van der Waals surface area contributed by atoms with Crippen LogP contribution in [0.2, 0.25) is 0 Å². The highest BCUT2D eigenvalue weighted by atomic mass is 16.5. The number of unbranched alkanes of at least 4 members (excludes halogenated alkanes) is 1. The number of hydrogen-bond acceptors (Lipinski definition) is 4. The third-order valence-corrected chi connectivity index (χ3v) is 7.68. The van der Waals surface area contributed by atoms with E-state index in [-0.39, 0.29) is 23.2 Å². The van der Waals surface area contributed by atoms with E-state index in [1.54, 1.807) is 6.07 Å². The van der Waals surface area contributed by atoms with Gasteiger partial charge in [-0.3, -0.25) is 4.79 Å². The van der Waals surface area contributed by atoms with E-state index in [0.717, 1.165) is 62.5 Å². The Hall–Kier alpha value is -1.55. The second-order valence-corrected chi connectivity index (χ2v) is 9.15. The lowest BCUT2D eigenvalue weighted by atomic mass is 9.55. The number of benzene rings is 1. The maximum absolute atomic E-state index is 12.3. The van der Waals surface area contributed by atoms with Gasteiger partial charge in [0.2, 0.25) is 0 Å². The van der Waals surface area contributed by atoms with Crippen LogP contribution in [0.15, 0.2) is 12.1 Å². The fraction of sp³-hybridized carbons (Fsp3) is 0.696. The number of phenols is 1. The Morgan fingerprint density at radius 3 is 2.85 bits per heavy atom. The monoisotopic (exact) mass is 372 g/mol. The van der Waals surface area contributed by atoms with E-state index in [0.29, 0.717) is 29.9 Å². The quantitative estimate of drug-likeness (QED) is 0.594. The predicted molar refractivity (Wildman–Crippen MR) is 104 cm³/mol. The summed E-state index contributed by atoms with van der Waals surface area (Å²) in [5.41, 5.74) is 2.32. The largest absolute Gasteiger partial charge is 0.508 e. The smallest absolute Gasteiger partial charge is 0.311 e. The highest BCUT2D eigenvalue weighted by Gasteiger charge is 2.54. The molecule has 4 nitrogen and oxygen atoms in total. The molecule has 0 bridgehead atoms. The average Bonchev–Trinajstić information content (AvgIpc) is 2.94. The molecule has 4 heteroatoms. The summed E-state index contributed by atoms with van der Waals surface area (Å²) in [6, 6.07) is 3.48. The molecule has 3 aliphatic carbocycles. The number of hydrogen-bond donors (Lipinski definition) is 2. The second-order valence-electron chi connectivity index (χ2n) is 9.15. The van der Waals surface area contributed by atoms with Gasteiger partial charge < -0.3 is 14.9 Å². The molecule has 0 radical (unpaired) electrons. The third-order valence-electron chi connectivity index (χ3n) is 7.68. The third kappa shape index (κ3) is 3.16. The predicted octanol–water partition coefficient (Wildman–Crippen LogP) is 4.70. The molecule has 0 saturated heterocycles. The number of ether oxygens (including phenoxy) is 1. The normalized spacial score (nSPS) is 34.5. The van der Waals surface area contributed by atoms with Crippen LogP contribution in [-0.2, 0) is 11.2 Å². The minimum Gasteiger partial charge on any atom is -0.508 e. The maximum Gasteiger partial charge on any atom is 0.311 e. The Kier molecular flexibility index (Phi) is 4.96.